The average molecular weight is 276 g/mol. The van der Waals surface area contributed by atoms with Crippen molar-refractivity contribution in [3.8, 4) is 0 Å². The molecule has 0 bridgehead atoms. The minimum absolute atomic E-state index is 0.635. The molecule has 0 radical (unpaired) electrons. The fourth-order valence-electron chi connectivity index (χ4n) is 1.59. The number of ether oxygens (including phenoxy) is 1. The monoisotopic (exact) mass is 275 g/mol. The van der Waals surface area contributed by atoms with E-state index < -0.39 is 0 Å². The Kier molecular flexibility index (Phi) is 3.99. The van der Waals surface area contributed by atoms with Crippen LogP contribution in [0.1, 0.15) is 18.4 Å². The highest BCUT2D eigenvalue weighted by atomic mass is 79.9. The summed E-state index contributed by atoms with van der Waals surface area (Å²) in [6.07, 6.45) is 2.28. The Balaban J connectivity index is 1.79. The maximum absolute atomic E-state index is 5.31. The third-order valence-corrected chi connectivity index (χ3v) is 4.32. The van der Waals surface area contributed by atoms with Crippen molar-refractivity contribution in [2.45, 2.75) is 25.4 Å². The quantitative estimate of drug-likeness (QED) is 0.916. The van der Waals surface area contributed by atoms with Crippen molar-refractivity contribution in [2.24, 2.45) is 0 Å². The largest absolute Gasteiger partial charge is 0.381 e. The minimum atomic E-state index is 0.635. The molecule has 1 aromatic rings. The normalized spacial score (nSPS) is 18.6. The summed E-state index contributed by atoms with van der Waals surface area (Å²) in [6.45, 7) is 2.78. The van der Waals surface area contributed by atoms with Crippen LogP contribution >= 0.6 is 27.3 Å². The van der Waals surface area contributed by atoms with Crippen molar-refractivity contribution >= 4 is 27.3 Å². The van der Waals surface area contributed by atoms with Crippen LogP contribution in [0.2, 0.25) is 0 Å². The van der Waals surface area contributed by atoms with Gasteiger partial charge in [0.25, 0.3) is 0 Å². The van der Waals surface area contributed by atoms with Gasteiger partial charge in [0.15, 0.2) is 0 Å². The lowest BCUT2D eigenvalue weighted by atomic mass is 10.1. The van der Waals surface area contributed by atoms with Crippen LogP contribution in [0.25, 0.3) is 0 Å². The summed E-state index contributed by atoms with van der Waals surface area (Å²) in [5.74, 6) is 0. The van der Waals surface area contributed by atoms with Gasteiger partial charge >= 0.3 is 0 Å². The number of nitrogens with one attached hydrogen (secondary N) is 1. The van der Waals surface area contributed by atoms with E-state index in [1.807, 2.05) is 0 Å². The van der Waals surface area contributed by atoms with E-state index in [-0.39, 0.29) is 0 Å². The van der Waals surface area contributed by atoms with Crippen molar-refractivity contribution in [3.63, 3.8) is 0 Å². The van der Waals surface area contributed by atoms with Crippen LogP contribution < -0.4 is 5.32 Å². The molecular weight excluding hydrogens is 262 g/mol. The van der Waals surface area contributed by atoms with Crippen LogP contribution in [0.15, 0.2) is 15.2 Å². The summed E-state index contributed by atoms with van der Waals surface area (Å²) in [5, 5.41) is 7.88. The molecule has 4 heteroatoms. The first-order chi connectivity index (χ1) is 6.86. The highest BCUT2D eigenvalue weighted by Gasteiger charge is 2.13. The van der Waals surface area contributed by atoms with E-state index in [1.54, 1.807) is 11.3 Å². The molecular formula is C10H14BrNOS. The van der Waals surface area contributed by atoms with Gasteiger partial charge in [-0.25, -0.2) is 0 Å². The zero-order chi connectivity index (χ0) is 9.80. The second-order valence-corrected chi connectivity index (χ2v) is 5.11. The topological polar surface area (TPSA) is 21.3 Å². The average Bonchev–Trinajstić information content (AvgIpc) is 2.63. The molecule has 78 valence electrons. The second-order valence-electron chi connectivity index (χ2n) is 3.51. The van der Waals surface area contributed by atoms with Crippen LogP contribution in [-0.2, 0) is 11.3 Å². The van der Waals surface area contributed by atoms with E-state index in [0.717, 1.165) is 32.6 Å². The lowest BCUT2D eigenvalue weighted by molar-refractivity contribution is 0.0776. The maximum atomic E-state index is 5.31. The van der Waals surface area contributed by atoms with Gasteiger partial charge in [0, 0.05) is 35.7 Å². The number of hydrogen-bond acceptors (Lipinski definition) is 3. The van der Waals surface area contributed by atoms with Gasteiger partial charge in [-0.15, -0.1) is 0 Å². The molecule has 14 heavy (non-hydrogen) atoms. The fourth-order valence-corrected chi connectivity index (χ4v) is 3.03. The highest BCUT2D eigenvalue weighted by molar-refractivity contribution is 9.10. The summed E-state index contributed by atoms with van der Waals surface area (Å²) < 4.78 is 6.54. The van der Waals surface area contributed by atoms with Gasteiger partial charge in [-0.05, 0) is 39.7 Å². The molecule has 1 aliphatic heterocycles. The molecule has 0 saturated carbocycles. The van der Waals surface area contributed by atoms with Crippen LogP contribution in [-0.4, -0.2) is 19.3 Å². The predicted octanol–water partition coefficient (Wildman–Crippen LogP) is 2.78. The van der Waals surface area contributed by atoms with Gasteiger partial charge in [-0.3, -0.25) is 0 Å². The Morgan fingerprint density at radius 1 is 1.43 bits per heavy atom. The summed E-state index contributed by atoms with van der Waals surface area (Å²) >= 11 is 5.28. The number of rotatable bonds is 3. The van der Waals surface area contributed by atoms with E-state index in [9.17, 15) is 0 Å². The summed E-state index contributed by atoms with van der Waals surface area (Å²) in [7, 11) is 0. The Labute approximate surface area is 96.8 Å². The molecule has 0 amide bonds. The van der Waals surface area contributed by atoms with E-state index >= 15 is 0 Å². The van der Waals surface area contributed by atoms with Crippen LogP contribution in [0, 0.1) is 0 Å². The van der Waals surface area contributed by atoms with Gasteiger partial charge in [-0.2, -0.15) is 11.3 Å². The number of thiophene rings is 1. The lowest BCUT2D eigenvalue weighted by Gasteiger charge is -2.23. The van der Waals surface area contributed by atoms with Gasteiger partial charge < -0.3 is 10.1 Å². The molecule has 0 unspecified atom stereocenters. The molecule has 0 spiro atoms. The van der Waals surface area contributed by atoms with Crippen molar-refractivity contribution in [3.05, 3.63) is 20.8 Å². The molecule has 0 aromatic carbocycles. The first-order valence-corrected chi connectivity index (χ1v) is 6.61. The van der Waals surface area contributed by atoms with Crippen molar-refractivity contribution in [1.29, 1.82) is 0 Å². The van der Waals surface area contributed by atoms with E-state index in [1.165, 1.54) is 10.0 Å². The molecule has 2 nitrogen and oxygen atoms in total. The van der Waals surface area contributed by atoms with Gasteiger partial charge in [0.05, 0.1) is 0 Å². The number of hydrogen-bond donors (Lipinski definition) is 1. The van der Waals surface area contributed by atoms with Crippen LogP contribution in [0.4, 0.5) is 0 Å². The fraction of sp³-hybridized carbons (Fsp3) is 0.600. The summed E-state index contributed by atoms with van der Waals surface area (Å²) in [5.41, 5.74) is 1.36. The molecule has 2 heterocycles. The van der Waals surface area contributed by atoms with Gasteiger partial charge in [0.1, 0.15) is 0 Å². The third-order valence-electron chi connectivity index (χ3n) is 2.49. The molecule has 2 rings (SSSR count). The molecule has 1 aromatic heterocycles. The van der Waals surface area contributed by atoms with Crippen molar-refractivity contribution in [1.82, 2.24) is 5.32 Å². The summed E-state index contributed by atoms with van der Waals surface area (Å²) in [6, 6.07) is 0.635. The molecule has 1 fully saturated rings. The van der Waals surface area contributed by atoms with Gasteiger partial charge in [-0.1, -0.05) is 0 Å². The molecule has 1 aliphatic rings. The Bertz CT molecular complexity index is 283. The Hall–Kier alpha value is 0.1000. The standard InChI is InChI=1S/C10H14BrNOS/c11-10-7-14-6-8(10)5-12-9-1-3-13-4-2-9/h6-7,9,12H,1-5H2. The zero-order valence-corrected chi connectivity index (χ0v) is 10.4. The van der Waals surface area contributed by atoms with E-state index in [0.29, 0.717) is 6.04 Å². The first kappa shape index (κ1) is 10.6. The smallest absolute Gasteiger partial charge is 0.0480 e. The number of halogens is 1. The molecule has 1 N–H and O–H groups in total. The minimum Gasteiger partial charge on any atom is -0.381 e. The Morgan fingerprint density at radius 2 is 2.21 bits per heavy atom. The van der Waals surface area contributed by atoms with E-state index in [4.69, 9.17) is 4.74 Å². The highest BCUT2D eigenvalue weighted by Crippen LogP contribution is 2.21. The van der Waals surface area contributed by atoms with Gasteiger partial charge in [0.2, 0.25) is 0 Å². The SMILES string of the molecule is Brc1cscc1CNC1CCOCC1. The summed E-state index contributed by atoms with van der Waals surface area (Å²) in [4.78, 5) is 0. The third kappa shape index (κ3) is 2.79. The van der Waals surface area contributed by atoms with Crippen LogP contribution in [0.5, 0.6) is 0 Å². The second kappa shape index (κ2) is 5.26. The maximum Gasteiger partial charge on any atom is 0.0480 e. The van der Waals surface area contributed by atoms with Crippen LogP contribution in [0.3, 0.4) is 0 Å². The van der Waals surface area contributed by atoms with Crippen molar-refractivity contribution < 1.29 is 4.74 Å². The van der Waals surface area contributed by atoms with E-state index in [2.05, 4.69) is 32.0 Å². The predicted molar refractivity (Wildman–Crippen MR) is 62.7 cm³/mol. The van der Waals surface area contributed by atoms with Crippen molar-refractivity contribution in [2.75, 3.05) is 13.2 Å². The molecule has 0 aliphatic carbocycles. The molecule has 0 atom stereocenters. The lowest BCUT2D eigenvalue weighted by Crippen LogP contribution is -2.34. The first-order valence-electron chi connectivity index (χ1n) is 4.88. The zero-order valence-electron chi connectivity index (χ0n) is 7.96. The molecule has 1 saturated heterocycles. The Morgan fingerprint density at radius 3 is 2.86 bits per heavy atom.